The van der Waals surface area contributed by atoms with Gasteiger partial charge in [-0.2, -0.15) is 0 Å². The molecule has 90 valence electrons. The number of hydrogen-bond donors (Lipinski definition) is 2. The van der Waals surface area contributed by atoms with Gasteiger partial charge in [-0.3, -0.25) is 0 Å². The lowest BCUT2D eigenvalue weighted by molar-refractivity contribution is 0.434. The van der Waals surface area contributed by atoms with Crippen LogP contribution in [-0.2, 0) is 0 Å². The van der Waals surface area contributed by atoms with Crippen LogP contribution in [0.1, 0.15) is 25.5 Å². The van der Waals surface area contributed by atoms with E-state index < -0.39 is 17.5 Å². The molecule has 0 radical (unpaired) electrons. The van der Waals surface area contributed by atoms with Crippen molar-refractivity contribution in [1.29, 1.82) is 0 Å². The van der Waals surface area contributed by atoms with Gasteiger partial charge in [0.25, 0.3) is 0 Å². The Kier molecular flexibility index (Phi) is 4.32. The highest BCUT2D eigenvalue weighted by atomic mass is 19.2. The quantitative estimate of drug-likeness (QED) is 0.780. The highest BCUT2D eigenvalue weighted by molar-refractivity contribution is 5.23. The Morgan fingerprint density at radius 3 is 2.06 bits per heavy atom. The number of hydrogen-bond acceptors (Lipinski definition) is 2. The van der Waals surface area contributed by atoms with Crippen LogP contribution in [0.2, 0.25) is 0 Å². The minimum atomic E-state index is -1.45. The number of nitrogens with two attached hydrogens (primary N) is 1. The molecule has 0 heterocycles. The molecule has 16 heavy (non-hydrogen) atoms. The standard InChI is InChI=1S/C11H15F3N2/c1-6(2)16-10(5-15)7-3-8(12)11(14)9(13)4-7/h3-4,6,10,16H,5,15H2,1-2H3. The van der Waals surface area contributed by atoms with Gasteiger partial charge in [0, 0.05) is 18.6 Å². The van der Waals surface area contributed by atoms with Crippen LogP contribution < -0.4 is 11.1 Å². The summed E-state index contributed by atoms with van der Waals surface area (Å²) in [5, 5.41) is 3.04. The van der Waals surface area contributed by atoms with Gasteiger partial charge in [-0.05, 0) is 17.7 Å². The van der Waals surface area contributed by atoms with Crippen LogP contribution in [0, 0.1) is 17.5 Å². The van der Waals surface area contributed by atoms with Crippen molar-refractivity contribution in [3.05, 3.63) is 35.1 Å². The first-order chi connectivity index (χ1) is 7.45. The average Bonchev–Trinajstić information content (AvgIpc) is 2.21. The van der Waals surface area contributed by atoms with Crippen molar-refractivity contribution in [1.82, 2.24) is 5.32 Å². The first-order valence-corrected chi connectivity index (χ1v) is 5.06. The molecule has 0 bridgehead atoms. The van der Waals surface area contributed by atoms with Crippen molar-refractivity contribution >= 4 is 0 Å². The van der Waals surface area contributed by atoms with Crippen LogP contribution in [0.25, 0.3) is 0 Å². The van der Waals surface area contributed by atoms with Gasteiger partial charge in [-0.1, -0.05) is 13.8 Å². The van der Waals surface area contributed by atoms with Gasteiger partial charge in [-0.25, -0.2) is 13.2 Å². The van der Waals surface area contributed by atoms with E-state index in [1.807, 2.05) is 13.8 Å². The van der Waals surface area contributed by atoms with Crippen molar-refractivity contribution < 1.29 is 13.2 Å². The van der Waals surface area contributed by atoms with E-state index in [1.54, 1.807) is 0 Å². The Morgan fingerprint density at radius 2 is 1.69 bits per heavy atom. The van der Waals surface area contributed by atoms with Crippen molar-refractivity contribution in [2.45, 2.75) is 25.9 Å². The second-order valence-corrected chi connectivity index (χ2v) is 3.91. The van der Waals surface area contributed by atoms with E-state index in [0.717, 1.165) is 12.1 Å². The molecule has 5 heteroatoms. The fourth-order valence-electron chi connectivity index (χ4n) is 1.48. The molecular weight excluding hydrogens is 217 g/mol. The summed E-state index contributed by atoms with van der Waals surface area (Å²) >= 11 is 0. The molecule has 0 amide bonds. The van der Waals surface area contributed by atoms with E-state index in [1.165, 1.54) is 0 Å². The minimum absolute atomic E-state index is 0.115. The third-order valence-electron chi connectivity index (χ3n) is 2.18. The van der Waals surface area contributed by atoms with Crippen LogP contribution in [0.15, 0.2) is 12.1 Å². The van der Waals surface area contributed by atoms with Crippen LogP contribution in [-0.4, -0.2) is 12.6 Å². The molecule has 0 aliphatic rings. The maximum absolute atomic E-state index is 13.0. The number of benzene rings is 1. The van der Waals surface area contributed by atoms with Crippen LogP contribution >= 0.6 is 0 Å². The summed E-state index contributed by atoms with van der Waals surface area (Å²) in [6.45, 7) is 3.96. The van der Waals surface area contributed by atoms with Gasteiger partial charge in [-0.15, -0.1) is 0 Å². The molecule has 1 aromatic carbocycles. The Labute approximate surface area is 92.6 Å². The highest BCUT2D eigenvalue weighted by Crippen LogP contribution is 2.19. The van der Waals surface area contributed by atoms with Gasteiger partial charge in [0.15, 0.2) is 17.5 Å². The van der Waals surface area contributed by atoms with E-state index in [-0.39, 0.29) is 18.6 Å². The second-order valence-electron chi connectivity index (χ2n) is 3.91. The molecule has 2 nitrogen and oxygen atoms in total. The maximum Gasteiger partial charge on any atom is 0.194 e. The number of nitrogens with one attached hydrogen (secondary N) is 1. The van der Waals surface area contributed by atoms with Crippen molar-refractivity contribution in [3.63, 3.8) is 0 Å². The summed E-state index contributed by atoms with van der Waals surface area (Å²) in [6, 6.07) is 1.66. The lowest BCUT2D eigenvalue weighted by Gasteiger charge is -2.20. The fourth-order valence-corrected chi connectivity index (χ4v) is 1.48. The minimum Gasteiger partial charge on any atom is -0.329 e. The van der Waals surface area contributed by atoms with Crippen molar-refractivity contribution in [3.8, 4) is 0 Å². The number of rotatable bonds is 4. The van der Waals surface area contributed by atoms with E-state index in [2.05, 4.69) is 5.32 Å². The predicted octanol–water partition coefficient (Wildman–Crippen LogP) is 2.10. The topological polar surface area (TPSA) is 38.0 Å². The van der Waals surface area contributed by atoms with Crippen LogP contribution in [0.4, 0.5) is 13.2 Å². The van der Waals surface area contributed by atoms with Gasteiger partial charge in [0.2, 0.25) is 0 Å². The molecule has 0 fully saturated rings. The molecule has 0 aliphatic carbocycles. The predicted molar refractivity (Wildman–Crippen MR) is 56.4 cm³/mol. The summed E-state index contributed by atoms with van der Waals surface area (Å²) in [5.41, 5.74) is 5.80. The average molecular weight is 232 g/mol. The molecule has 1 atom stereocenters. The molecule has 1 rings (SSSR count). The van der Waals surface area contributed by atoms with Gasteiger partial charge in [0.1, 0.15) is 0 Å². The smallest absolute Gasteiger partial charge is 0.194 e. The molecule has 0 saturated carbocycles. The van der Waals surface area contributed by atoms with E-state index in [4.69, 9.17) is 5.73 Å². The summed E-state index contributed by atoms with van der Waals surface area (Å²) in [6.07, 6.45) is 0. The highest BCUT2D eigenvalue weighted by Gasteiger charge is 2.16. The molecule has 1 aromatic rings. The molecule has 3 N–H and O–H groups in total. The van der Waals surface area contributed by atoms with E-state index in [0.29, 0.717) is 5.56 Å². The Hall–Kier alpha value is -1.07. The lowest BCUT2D eigenvalue weighted by atomic mass is 10.1. The van der Waals surface area contributed by atoms with Gasteiger partial charge in [0.05, 0.1) is 0 Å². The Bertz CT molecular complexity index is 343. The normalized spacial score (nSPS) is 13.2. The van der Waals surface area contributed by atoms with Crippen molar-refractivity contribution in [2.24, 2.45) is 5.73 Å². The Balaban J connectivity index is 3.01. The summed E-state index contributed by atoms with van der Waals surface area (Å²) in [4.78, 5) is 0. The van der Waals surface area contributed by atoms with Crippen LogP contribution in [0.5, 0.6) is 0 Å². The SMILES string of the molecule is CC(C)NC(CN)c1cc(F)c(F)c(F)c1. The molecule has 0 saturated heterocycles. The van der Waals surface area contributed by atoms with E-state index in [9.17, 15) is 13.2 Å². The summed E-state index contributed by atoms with van der Waals surface area (Å²) in [5.74, 6) is -3.85. The first kappa shape index (κ1) is 13.0. The van der Waals surface area contributed by atoms with E-state index >= 15 is 0 Å². The van der Waals surface area contributed by atoms with Crippen LogP contribution in [0.3, 0.4) is 0 Å². The van der Waals surface area contributed by atoms with Gasteiger partial charge >= 0.3 is 0 Å². The zero-order valence-electron chi connectivity index (χ0n) is 9.23. The summed E-state index contributed by atoms with van der Waals surface area (Å²) < 4.78 is 38.7. The zero-order valence-corrected chi connectivity index (χ0v) is 9.23. The van der Waals surface area contributed by atoms with Gasteiger partial charge < -0.3 is 11.1 Å². The summed E-state index contributed by atoms with van der Waals surface area (Å²) in [7, 11) is 0. The molecule has 0 aromatic heterocycles. The van der Waals surface area contributed by atoms with Crippen molar-refractivity contribution in [2.75, 3.05) is 6.54 Å². The number of halogens is 3. The largest absolute Gasteiger partial charge is 0.329 e. The zero-order chi connectivity index (χ0) is 12.3. The Morgan fingerprint density at radius 1 is 1.19 bits per heavy atom. The monoisotopic (exact) mass is 232 g/mol. The molecule has 1 unspecified atom stereocenters. The third kappa shape index (κ3) is 2.96. The molecule has 0 spiro atoms. The second kappa shape index (κ2) is 5.32. The lowest BCUT2D eigenvalue weighted by Crippen LogP contribution is -2.33. The molecular formula is C11H15F3N2. The fraction of sp³-hybridized carbons (Fsp3) is 0.455. The molecule has 0 aliphatic heterocycles. The first-order valence-electron chi connectivity index (χ1n) is 5.06. The third-order valence-corrected chi connectivity index (χ3v) is 2.18. The maximum atomic E-state index is 13.0.